The second-order valence-corrected chi connectivity index (χ2v) is 6.22. The third-order valence-corrected chi connectivity index (χ3v) is 3.37. The van der Waals surface area contributed by atoms with Crippen molar-refractivity contribution in [3.05, 3.63) is 0 Å². The minimum Gasteiger partial charge on any atom is -0.378 e. The smallest absolute Gasteiger partial charge is 0.0651 e. The van der Waals surface area contributed by atoms with Crippen molar-refractivity contribution in [1.29, 1.82) is 0 Å². The first-order chi connectivity index (χ1) is 7.35. The van der Waals surface area contributed by atoms with Crippen molar-refractivity contribution in [2.75, 3.05) is 6.61 Å². The molecule has 0 aromatic carbocycles. The minimum absolute atomic E-state index is 0.305. The first kappa shape index (κ1) is 16.0. The molecule has 0 fully saturated rings. The van der Waals surface area contributed by atoms with Crippen LogP contribution in [-0.4, -0.2) is 12.7 Å². The lowest BCUT2D eigenvalue weighted by Crippen LogP contribution is -2.38. The molecular formula is C15H32O. The Labute approximate surface area is 103 Å². The summed E-state index contributed by atoms with van der Waals surface area (Å²) in [6.07, 6.45) is 4.16. The summed E-state index contributed by atoms with van der Waals surface area (Å²) < 4.78 is 6.02. The van der Waals surface area contributed by atoms with Crippen molar-refractivity contribution in [3.63, 3.8) is 0 Å². The van der Waals surface area contributed by atoms with Gasteiger partial charge in [-0.25, -0.2) is 0 Å². The van der Waals surface area contributed by atoms with Crippen LogP contribution in [-0.2, 0) is 4.74 Å². The highest BCUT2D eigenvalue weighted by molar-refractivity contribution is 4.83. The van der Waals surface area contributed by atoms with E-state index in [1.807, 2.05) is 0 Å². The van der Waals surface area contributed by atoms with Gasteiger partial charge in [0.25, 0.3) is 0 Å². The molecular weight excluding hydrogens is 196 g/mol. The van der Waals surface area contributed by atoms with E-state index in [0.717, 1.165) is 12.5 Å². The van der Waals surface area contributed by atoms with Gasteiger partial charge in [0.05, 0.1) is 6.10 Å². The second-order valence-electron chi connectivity index (χ2n) is 6.22. The van der Waals surface area contributed by atoms with Crippen molar-refractivity contribution in [3.8, 4) is 0 Å². The predicted octanol–water partition coefficient (Wildman–Crippen LogP) is 4.90. The monoisotopic (exact) mass is 228 g/mol. The Kier molecular flexibility index (Phi) is 7.30. The van der Waals surface area contributed by atoms with Gasteiger partial charge in [0.2, 0.25) is 0 Å². The number of ether oxygens (including phenoxy) is 1. The molecule has 0 amide bonds. The van der Waals surface area contributed by atoms with Crippen molar-refractivity contribution in [1.82, 2.24) is 0 Å². The molecule has 16 heavy (non-hydrogen) atoms. The lowest BCUT2D eigenvalue weighted by molar-refractivity contribution is -0.0608. The van der Waals surface area contributed by atoms with Crippen molar-refractivity contribution in [2.24, 2.45) is 17.3 Å². The summed E-state index contributed by atoms with van der Waals surface area (Å²) >= 11 is 0. The SMILES string of the molecule is CCCC(C)(C)C(OCC)C(C)CC(C)C. The van der Waals surface area contributed by atoms with Gasteiger partial charge < -0.3 is 4.74 Å². The summed E-state index contributed by atoms with van der Waals surface area (Å²) in [5, 5.41) is 0. The quantitative estimate of drug-likeness (QED) is 0.574. The zero-order chi connectivity index (χ0) is 12.8. The van der Waals surface area contributed by atoms with E-state index in [9.17, 15) is 0 Å². The summed E-state index contributed by atoms with van der Waals surface area (Å²) in [4.78, 5) is 0. The first-order valence-electron chi connectivity index (χ1n) is 6.96. The van der Waals surface area contributed by atoms with E-state index >= 15 is 0 Å². The number of hydrogen-bond acceptors (Lipinski definition) is 1. The molecule has 0 aliphatic carbocycles. The van der Waals surface area contributed by atoms with Crippen molar-refractivity contribution < 1.29 is 4.74 Å². The average Bonchev–Trinajstić information content (AvgIpc) is 2.12. The predicted molar refractivity (Wildman–Crippen MR) is 72.7 cm³/mol. The lowest BCUT2D eigenvalue weighted by Gasteiger charge is -2.38. The second kappa shape index (κ2) is 7.32. The maximum absolute atomic E-state index is 6.02. The van der Waals surface area contributed by atoms with Crippen LogP contribution in [0.5, 0.6) is 0 Å². The van der Waals surface area contributed by atoms with Gasteiger partial charge in [0, 0.05) is 6.61 Å². The normalized spacial score (nSPS) is 16.5. The molecule has 0 N–H and O–H groups in total. The van der Waals surface area contributed by atoms with Crippen LogP contribution >= 0.6 is 0 Å². The van der Waals surface area contributed by atoms with E-state index in [4.69, 9.17) is 4.74 Å². The third-order valence-electron chi connectivity index (χ3n) is 3.37. The summed E-state index contributed by atoms with van der Waals surface area (Å²) in [5.41, 5.74) is 0.305. The molecule has 0 spiro atoms. The van der Waals surface area contributed by atoms with Gasteiger partial charge in [-0.1, -0.05) is 48.0 Å². The van der Waals surface area contributed by atoms with Crippen LogP contribution in [0, 0.1) is 17.3 Å². The first-order valence-corrected chi connectivity index (χ1v) is 6.96. The summed E-state index contributed by atoms with van der Waals surface area (Å²) in [5.74, 6) is 1.41. The fourth-order valence-electron chi connectivity index (χ4n) is 2.99. The third kappa shape index (κ3) is 5.34. The van der Waals surface area contributed by atoms with Crippen LogP contribution in [0.3, 0.4) is 0 Å². The van der Waals surface area contributed by atoms with Gasteiger partial charge in [0.1, 0.15) is 0 Å². The average molecular weight is 228 g/mol. The van der Waals surface area contributed by atoms with Crippen LogP contribution in [0.25, 0.3) is 0 Å². The highest BCUT2D eigenvalue weighted by Gasteiger charge is 2.33. The molecule has 0 aromatic heterocycles. The molecule has 0 aromatic rings. The zero-order valence-electron chi connectivity index (χ0n) is 12.5. The summed E-state index contributed by atoms with van der Waals surface area (Å²) in [6.45, 7) is 16.9. The molecule has 0 aliphatic rings. The molecule has 2 atom stereocenters. The largest absolute Gasteiger partial charge is 0.378 e. The van der Waals surface area contributed by atoms with E-state index in [-0.39, 0.29) is 0 Å². The molecule has 98 valence electrons. The summed E-state index contributed by atoms with van der Waals surface area (Å²) in [6, 6.07) is 0. The molecule has 0 rings (SSSR count). The molecule has 0 heterocycles. The van der Waals surface area contributed by atoms with Crippen LogP contribution in [0.1, 0.15) is 67.7 Å². The topological polar surface area (TPSA) is 9.23 Å². The molecule has 0 saturated carbocycles. The lowest BCUT2D eigenvalue weighted by atomic mass is 9.75. The Morgan fingerprint density at radius 3 is 2.00 bits per heavy atom. The fourth-order valence-corrected chi connectivity index (χ4v) is 2.99. The van der Waals surface area contributed by atoms with Gasteiger partial charge >= 0.3 is 0 Å². The van der Waals surface area contributed by atoms with Crippen LogP contribution in [0.15, 0.2) is 0 Å². The van der Waals surface area contributed by atoms with Crippen molar-refractivity contribution in [2.45, 2.75) is 73.8 Å². The van der Waals surface area contributed by atoms with Gasteiger partial charge in [0.15, 0.2) is 0 Å². The Balaban J connectivity index is 4.56. The molecule has 1 heteroatoms. The molecule has 0 aliphatic heterocycles. The van der Waals surface area contributed by atoms with E-state index < -0.39 is 0 Å². The molecule has 0 radical (unpaired) electrons. The summed E-state index contributed by atoms with van der Waals surface area (Å²) in [7, 11) is 0. The maximum atomic E-state index is 6.02. The number of hydrogen-bond donors (Lipinski definition) is 0. The van der Waals surface area contributed by atoms with Crippen molar-refractivity contribution >= 4 is 0 Å². The Bertz CT molecular complexity index is 172. The van der Waals surface area contributed by atoms with Gasteiger partial charge in [-0.3, -0.25) is 0 Å². The fraction of sp³-hybridized carbons (Fsp3) is 1.00. The van der Waals surface area contributed by atoms with Crippen LogP contribution in [0.2, 0.25) is 0 Å². The van der Waals surface area contributed by atoms with Crippen LogP contribution < -0.4 is 0 Å². The standard InChI is InChI=1S/C15H32O/c1-8-10-15(6,7)14(16-9-2)13(5)11-12(3)4/h12-14H,8-11H2,1-7H3. The molecule has 2 unspecified atom stereocenters. The molecule has 0 saturated heterocycles. The number of rotatable bonds is 8. The highest BCUT2D eigenvalue weighted by atomic mass is 16.5. The minimum atomic E-state index is 0.305. The molecule has 0 bridgehead atoms. The zero-order valence-corrected chi connectivity index (χ0v) is 12.5. The van der Waals surface area contributed by atoms with Gasteiger partial charge in [-0.15, -0.1) is 0 Å². The van der Waals surface area contributed by atoms with Gasteiger partial charge in [-0.2, -0.15) is 0 Å². The van der Waals surface area contributed by atoms with E-state index in [1.165, 1.54) is 19.3 Å². The highest BCUT2D eigenvalue weighted by Crippen LogP contribution is 2.35. The van der Waals surface area contributed by atoms with E-state index in [1.54, 1.807) is 0 Å². The Morgan fingerprint density at radius 1 is 1.06 bits per heavy atom. The Hall–Kier alpha value is -0.0400. The van der Waals surface area contributed by atoms with E-state index in [2.05, 4.69) is 48.5 Å². The Morgan fingerprint density at radius 2 is 1.62 bits per heavy atom. The molecule has 1 nitrogen and oxygen atoms in total. The van der Waals surface area contributed by atoms with Crippen LogP contribution in [0.4, 0.5) is 0 Å². The van der Waals surface area contributed by atoms with E-state index in [0.29, 0.717) is 17.4 Å². The van der Waals surface area contributed by atoms with Gasteiger partial charge in [-0.05, 0) is 37.0 Å². The maximum Gasteiger partial charge on any atom is 0.0651 e.